The average Bonchev–Trinajstić information content (AvgIpc) is 2.76. The van der Waals surface area contributed by atoms with Crippen molar-refractivity contribution in [2.24, 2.45) is 12.1 Å². The van der Waals surface area contributed by atoms with E-state index in [4.69, 9.17) is 0 Å². The molecule has 4 heteroatoms. The van der Waals surface area contributed by atoms with Crippen molar-refractivity contribution in [1.29, 1.82) is 0 Å². The lowest BCUT2D eigenvalue weighted by molar-refractivity contribution is 0.0955. The largest absolute Gasteiger partial charge is 0.357 e. The molecule has 0 aliphatic rings. The molecule has 1 aromatic heterocycles. The van der Waals surface area contributed by atoms with Gasteiger partial charge in [0.05, 0.1) is 6.21 Å². The number of carbonyl (C=O) groups is 1. The van der Waals surface area contributed by atoms with Crippen molar-refractivity contribution >= 4 is 12.1 Å². The highest BCUT2D eigenvalue weighted by molar-refractivity contribution is 5.94. The number of aryl methyl sites for hydroxylation is 1. The number of nitrogens with one attached hydrogen (secondary N) is 1. The van der Waals surface area contributed by atoms with Crippen LogP contribution in [0.15, 0.2) is 53.9 Å². The number of nitrogens with zero attached hydrogens (tertiary/aromatic N) is 2. The summed E-state index contributed by atoms with van der Waals surface area (Å²) in [7, 11) is 1.93. The summed E-state index contributed by atoms with van der Waals surface area (Å²) in [5.74, 6) is -0.210. The standard InChI is InChI=1S/C13H13N3O/c1-16-8-7-11(10-16)9-14-15-13(17)12-5-3-2-4-6-12/h2-10H,1H3,(H,15,17)/b14-9-. The van der Waals surface area contributed by atoms with Crippen LogP contribution in [0.2, 0.25) is 0 Å². The molecule has 0 spiro atoms. The minimum absolute atomic E-state index is 0.210. The molecule has 0 fully saturated rings. The van der Waals surface area contributed by atoms with Crippen LogP contribution in [0, 0.1) is 0 Å². The van der Waals surface area contributed by atoms with Crippen LogP contribution in [0.1, 0.15) is 15.9 Å². The van der Waals surface area contributed by atoms with E-state index in [1.54, 1.807) is 18.3 Å². The Labute approximate surface area is 99.6 Å². The molecule has 0 unspecified atom stereocenters. The Hall–Kier alpha value is -2.36. The summed E-state index contributed by atoms with van der Waals surface area (Å²) < 4.78 is 1.92. The molecule has 17 heavy (non-hydrogen) atoms. The lowest BCUT2D eigenvalue weighted by Gasteiger charge is -1.97. The summed E-state index contributed by atoms with van der Waals surface area (Å²) in [6, 6.07) is 10.9. The third-order valence-corrected chi connectivity index (χ3v) is 2.27. The van der Waals surface area contributed by atoms with E-state index < -0.39 is 0 Å². The first-order valence-corrected chi connectivity index (χ1v) is 5.26. The average molecular weight is 227 g/mol. The first-order valence-electron chi connectivity index (χ1n) is 5.26. The van der Waals surface area contributed by atoms with Gasteiger partial charge in [-0.2, -0.15) is 5.10 Å². The SMILES string of the molecule is Cn1ccc(/C=N\NC(=O)c2ccccc2)c1. The van der Waals surface area contributed by atoms with E-state index in [2.05, 4.69) is 10.5 Å². The number of carbonyl (C=O) groups excluding carboxylic acids is 1. The zero-order valence-corrected chi connectivity index (χ0v) is 9.50. The molecular formula is C13H13N3O. The van der Waals surface area contributed by atoms with E-state index in [1.807, 2.05) is 48.3 Å². The second kappa shape index (κ2) is 5.12. The van der Waals surface area contributed by atoms with Crippen molar-refractivity contribution in [3.8, 4) is 0 Å². The highest BCUT2D eigenvalue weighted by Gasteiger charge is 2.01. The normalized spacial score (nSPS) is 10.6. The number of rotatable bonds is 3. The van der Waals surface area contributed by atoms with Gasteiger partial charge in [0.15, 0.2) is 0 Å². The Morgan fingerprint density at radius 2 is 2.06 bits per heavy atom. The van der Waals surface area contributed by atoms with Gasteiger partial charge in [-0.3, -0.25) is 4.79 Å². The van der Waals surface area contributed by atoms with E-state index in [0.717, 1.165) is 5.56 Å². The molecule has 2 aromatic rings. The summed E-state index contributed by atoms with van der Waals surface area (Å²) in [5.41, 5.74) is 4.02. The van der Waals surface area contributed by atoms with Crippen LogP contribution in [0.25, 0.3) is 0 Å². The van der Waals surface area contributed by atoms with Crippen molar-refractivity contribution in [3.63, 3.8) is 0 Å². The third kappa shape index (κ3) is 3.04. The van der Waals surface area contributed by atoms with Crippen LogP contribution in [-0.2, 0) is 7.05 Å². The molecule has 4 nitrogen and oxygen atoms in total. The zero-order chi connectivity index (χ0) is 12.1. The van der Waals surface area contributed by atoms with E-state index in [0.29, 0.717) is 5.56 Å². The fraction of sp³-hybridized carbons (Fsp3) is 0.0769. The molecule has 0 bridgehead atoms. The topological polar surface area (TPSA) is 46.4 Å². The summed E-state index contributed by atoms with van der Waals surface area (Å²) in [5, 5.41) is 3.89. The van der Waals surface area contributed by atoms with Gasteiger partial charge in [0, 0.05) is 30.6 Å². The van der Waals surface area contributed by atoms with Gasteiger partial charge in [0.25, 0.3) is 5.91 Å². The second-order valence-electron chi connectivity index (χ2n) is 3.68. The van der Waals surface area contributed by atoms with Crippen LogP contribution >= 0.6 is 0 Å². The number of hydrazone groups is 1. The van der Waals surface area contributed by atoms with Crippen molar-refractivity contribution in [3.05, 3.63) is 59.9 Å². The smallest absolute Gasteiger partial charge is 0.271 e. The first-order chi connectivity index (χ1) is 8.25. The number of hydrogen-bond donors (Lipinski definition) is 1. The molecule has 1 amide bonds. The van der Waals surface area contributed by atoms with Crippen LogP contribution in [0.5, 0.6) is 0 Å². The summed E-state index contributed by atoms with van der Waals surface area (Å²) >= 11 is 0. The van der Waals surface area contributed by atoms with Gasteiger partial charge in [-0.15, -0.1) is 0 Å². The third-order valence-electron chi connectivity index (χ3n) is 2.27. The van der Waals surface area contributed by atoms with Crippen molar-refractivity contribution in [1.82, 2.24) is 9.99 Å². The molecule has 0 radical (unpaired) electrons. The Morgan fingerprint density at radius 1 is 1.29 bits per heavy atom. The number of amides is 1. The van der Waals surface area contributed by atoms with E-state index >= 15 is 0 Å². The van der Waals surface area contributed by atoms with E-state index in [1.165, 1.54) is 0 Å². The van der Waals surface area contributed by atoms with Gasteiger partial charge >= 0.3 is 0 Å². The number of benzene rings is 1. The van der Waals surface area contributed by atoms with Gasteiger partial charge in [-0.05, 0) is 18.2 Å². The van der Waals surface area contributed by atoms with Gasteiger partial charge in [0.1, 0.15) is 0 Å². The molecule has 0 aliphatic heterocycles. The summed E-state index contributed by atoms with van der Waals surface area (Å²) in [6.45, 7) is 0. The molecule has 1 heterocycles. The Balaban J connectivity index is 1.95. The van der Waals surface area contributed by atoms with Crippen LogP contribution in [-0.4, -0.2) is 16.7 Å². The second-order valence-corrected chi connectivity index (χ2v) is 3.68. The fourth-order valence-corrected chi connectivity index (χ4v) is 1.42. The van der Waals surface area contributed by atoms with Crippen LogP contribution < -0.4 is 5.43 Å². The molecule has 0 aliphatic carbocycles. The molecule has 1 aromatic carbocycles. The zero-order valence-electron chi connectivity index (χ0n) is 9.50. The van der Waals surface area contributed by atoms with E-state index in [9.17, 15) is 4.79 Å². The molecule has 2 rings (SSSR count). The highest BCUT2D eigenvalue weighted by atomic mass is 16.2. The van der Waals surface area contributed by atoms with Gasteiger partial charge in [-0.1, -0.05) is 18.2 Å². The summed E-state index contributed by atoms with van der Waals surface area (Å²) in [4.78, 5) is 11.6. The lowest BCUT2D eigenvalue weighted by atomic mass is 10.2. The maximum Gasteiger partial charge on any atom is 0.271 e. The Bertz CT molecular complexity index is 529. The number of hydrogen-bond acceptors (Lipinski definition) is 2. The van der Waals surface area contributed by atoms with E-state index in [-0.39, 0.29) is 5.91 Å². The molecule has 1 N–H and O–H groups in total. The Kier molecular flexibility index (Phi) is 3.35. The fourth-order valence-electron chi connectivity index (χ4n) is 1.42. The molecule has 0 atom stereocenters. The molecular weight excluding hydrogens is 214 g/mol. The van der Waals surface area contributed by atoms with Crippen molar-refractivity contribution in [2.75, 3.05) is 0 Å². The predicted molar refractivity (Wildman–Crippen MR) is 66.9 cm³/mol. The van der Waals surface area contributed by atoms with Gasteiger partial charge in [0.2, 0.25) is 0 Å². The maximum absolute atomic E-state index is 11.6. The van der Waals surface area contributed by atoms with Crippen molar-refractivity contribution in [2.45, 2.75) is 0 Å². The van der Waals surface area contributed by atoms with Gasteiger partial charge < -0.3 is 4.57 Å². The van der Waals surface area contributed by atoms with Gasteiger partial charge in [-0.25, -0.2) is 5.43 Å². The summed E-state index contributed by atoms with van der Waals surface area (Å²) in [6.07, 6.45) is 5.44. The minimum atomic E-state index is -0.210. The molecule has 0 saturated carbocycles. The molecule has 0 saturated heterocycles. The van der Waals surface area contributed by atoms with Crippen LogP contribution in [0.3, 0.4) is 0 Å². The first kappa shape index (κ1) is 11.1. The highest BCUT2D eigenvalue weighted by Crippen LogP contribution is 1.98. The monoisotopic (exact) mass is 227 g/mol. The van der Waals surface area contributed by atoms with Crippen LogP contribution in [0.4, 0.5) is 0 Å². The number of aromatic nitrogens is 1. The quantitative estimate of drug-likeness (QED) is 0.630. The maximum atomic E-state index is 11.6. The predicted octanol–water partition coefficient (Wildman–Crippen LogP) is 1.79. The molecule has 86 valence electrons. The lowest BCUT2D eigenvalue weighted by Crippen LogP contribution is -2.17. The Morgan fingerprint density at radius 3 is 2.71 bits per heavy atom. The minimum Gasteiger partial charge on any atom is -0.357 e. The van der Waals surface area contributed by atoms with Crippen molar-refractivity contribution < 1.29 is 4.79 Å².